The van der Waals surface area contributed by atoms with E-state index in [1.807, 2.05) is 42.5 Å². The van der Waals surface area contributed by atoms with E-state index >= 15 is 0 Å². The second-order valence-corrected chi connectivity index (χ2v) is 8.82. The largest absolute Gasteiger partial charge is 0.503 e. The Hall–Kier alpha value is -3.52. The van der Waals surface area contributed by atoms with Gasteiger partial charge in [-0.05, 0) is 22.8 Å². The SMILES string of the molecule is CN(C)C(=O)c1c(O)c(=O)c(C(=O)O)cn1CC1c2ccccc2CSc2ccccc21. The molecule has 1 aliphatic heterocycles. The van der Waals surface area contributed by atoms with Crippen LogP contribution in [0.25, 0.3) is 0 Å². The van der Waals surface area contributed by atoms with Gasteiger partial charge in [-0.25, -0.2) is 4.79 Å². The number of aromatic carboxylic acids is 1. The second kappa shape index (κ2) is 8.55. The fourth-order valence-corrected chi connectivity index (χ4v) is 5.13. The minimum absolute atomic E-state index is 0.178. The van der Waals surface area contributed by atoms with E-state index in [1.54, 1.807) is 11.8 Å². The van der Waals surface area contributed by atoms with Crippen molar-refractivity contribution in [1.82, 2.24) is 9.47 Å². The Bertz CT molecular complexity index is 1230. The number of benzene rings is 2. The molecule has 1 amide bonds. The van der Waals surface area contributed by atoms with Gasteiger partial charge in [0.05, 0.1) is 0 Å². The highest BCUT2D eigenvalue weighted by Gasteiger charge is 2.29. The summed E-state index contributed by atoms with van der Waals surface area (Å²) in [6.45, 7) is 0.178. The van der Waals surface area contributed by atoms with Crippen LogP contribution >= 0.6 is 11.8 Å². The number of pyridine rings is 1. The first-order chi connectivity index (χ1) is 15.3. The van der Waals surface area contributed by atoms with E-state index in [-0.39, 0.29) is 18.2 Å². The molecule has 0 saturated carbocycles. The molecule has 7 nitrogen and oxygen atoms in total. The second-order valence-electron chi connectivity index (χ2n) is 7.80. The van der Waals surface area contributed by atoms with E-state index in [0.29, 0.717) is 0 Å². The number of aromatic nitrogens is 1. The van der Waals surface area contributed by atoms with Crippen LogP contribution in [0.3, 0.4) is 0 Å². The lowest BCUT2D eigenvalue weighted by Crippen LogP contribution is -2.31. The van der Waals surface area contributed by atoms with Crippen molar-refractivity contribution in [2.75, 3.05) is 14.1 Å². The zero-order valence-corrected chi connectivity index (χ0v) is 18.4. The third-order valence-electron chi connectivity index (χ3n) is 5.58. The van der Waals surface area contributed by atoms with E-state index in [0.717, 1.165) is 33.5 Å². The van der Waals surface area contributed by atoms with Crippen molar-refractivity contribution in [2.45, 2.75) is 23.1 Å². The molecular weight excluding hydrogens is 428 g/mol. The Morgan fingerprint density at radius 3 is 2.44 bits per heavy atom. The van der Waals surface area contributed by atoms with Gasteiger partial charge in [-0.2, -0.15) is 0 Å². The topological polar surface area (TPSA) is 99.8 Å². The van der Waals surface area contributed by atoms with E-state index < -0.39 is 28.6 Å². The summed E-state index contributed by atoms with van der Waals surface area (Å²) < 4.78 is 1.40. The predicted molar refractivity (Wildman–Crippen MR) is 122 cm³/mol. The summed E-state index contributed by atoms with van der Waals surface area (Å²) in [5.41, 5.74) is 1.36. The minimum Gasteiger partial charge on any atom is -0.503 e. The summed E-state index contributed by atoms with van der Waals surface area (Å²) in [5, 5.41) is 20.1. The van der Waals surface area contributed by atoms with Crippen LogP contribution in [0, 0.1) is 0 Å². The van der Waals surface area contributed by atoms with Crippen LogP contribution in [-0.4, -0.2) is 45.7 Å². The number of hydrogen-bond donors (Lipinski definition) is 2. The number of aromatic hydroxyl groups is 1. The third kappa shape index (κ3) is 3.78. The quantitative estimate of drug-likeness (QED) is 0.632. The standard InChI is InChI=1S/C24H22N2O5S/c1-25(2)23(29)20-22(28)21(27)18(24(30)31)12-26(20)11-17-15-8-4-3-7-14(15)13-32-19-10-6-5-9-16(17)19/h3-10,12,17,28H,11,13H2,1-2H3,(H,30,31). The van der Waals surface area contributed by atoms with Crippen LogP contribution in [0.2, 0.25) is 0 Å². The molecule has 2 aromatic carbocycles. The van der Waals surface area contributed by atoms with Gasteiger partial charge in [0.1, 0.15) is 5.56 Å². The van der Waals surface area contributed by atoms with E-state index in [4.69, 9.17) is 0 Å². The van der Waals surface area contributed by atoms with Gasteiger partial charge in [0.2, 0.25) is 5.43 Å². The molecule has 0 radical (unpaired) electrons. The first-order valence-corrected chi connectivity index (χ1v) is 11.0. The average Bonchev–Trinajstić information content (AvgIpc) is 2.93. The molecule has 2 heterocycles. The zero-order valence-electron chi connectivity index (χ0n) is 17.6. The highest BCUT2D eigenvalue weighted by Crippen LogP contribution is 2.41. The summed E-state index contributed by atoms with van der Waals surface area (Å²) in [4.78, 5) is 39.3. The molecule has 164 valence electrons. The van der Waals surface area contributed by atoms with Crippen LogP contribution < -0.4 is 5.43 Å². The Morgan fingerprint density at radius 2 is 1.75 bits per heavy atom. The van der Waals surface area contributed by atoms with Crippen molar-refractivity contribution in [3.05, 3.63) is 92.9 Å². The number of carboxylic acids is 1. The van der Waals surface area contributed by atoms with Crippen molar-refractivity contribution >= 4 is 23.6 Å². The van der Waals surface area contributed by atoms with Crippen LogP contribution in [-0.2, 0) is 12.3 Å². The number of nitrogens with zero attached hydrogens (tertiary/aromatic N) is 2. The summed E-state index contributed by atoms with van der Waals surface area (Å²) in [5.74, 6) is -2.33. The maximum Gasteiger partial charge on any atom is 0.341 e. The summed E-state index contributed by atoms with van der Waals surface area (Å²) in [6.07, 6.45) is 1.16. The minimum atomic E-state index is -1.46. The zero-order chi connectivity index (χ0) is 23.0. The first-order valence-electron chi connectivity index (χ1n) is 10.0. The molecule has 0 bridgehead atoms. The average molecular weight is 451 g/mol. The van der Waals surface area contributed by atoms with Crippen molar-refractivity contribution in [3.63, 3.8) is 0 Å². The number of carbonyl (C=O) groups excluding carboxylic acids is 1. The lowest BCUT2D eigenvalue weighted by Gasteiger charge is -2.25. The normalized spacial score (nSPS) is 14.8. The van der Waals surface area contributed by atoms with E-state index in [1.165, 1.54) is 23.6 Å². The fourth-order valence-electron chi connectivity index (χ4n) is 4.00. The predicted octanol–water partition coefficient (Wildman–Crippen LogP) is 3.39. The molecule has 0 fully saturated rings. The molecule has 0 spiro atoms. The maximum atomic E-state index is 12.9. The Morgan fingerprint density at radius 1 is 1.09 bits per heavy atom. The number of carboxylic acid groups (broad SMARTS) is 1. The molecule has 32 heavy (non-hydrogen) atoms. The molecule has 1 aromatic heterocycles. The molecule has 1 aliphatic rings. The van der Waals surface area contributed by atoms with Gasteiger partial charge in [0.25, 0.3) is 5.91 Å². The lowest BCUT2D eigenvalue weighted by atomic mass is 9.88. The first kappa shape index (κ1) is 21.7. The highest BCUT2D eigenvalue weighted by molar-refractivity contribution is 7.98. The van der Waals surface area contributed by atoms with Gasteiger partial charge < -0.3 is 19.7 Å². The Labute approximate surface area is 188 Å². The van der Waals surface area contributed by atoms with Crippen molar-refractivity contribution in [2.24, 2.45) is 0 Å². The highest BCUT2D eigenvalue weighted by atomic mass is 32.2. The molecule has 1 atom stereocenters. The smallest absolute Gasteiger partial charge is 0.341 e. The Balaban J connectivity index is 1.95. The monoisotopic (exact) mass is 450 g/mol. The molecule has 3 aromatic rings. The number of carbonyl (C=O) groups is 2. The van der Waals surface area contributed by atoms with Gasteiger partial charge in [0, 0.05) is 43.4 Å². The maximum absolute atomic E-state index is 12.9. The van der Waals surface area contributed by atoms with Gasteiger partial charge in [-0.3, -0.25) is 9.59 Å². The van der Waals surface area contributed by atoms with Gasteiger partial charge in [-0.15, -0.1) is 11.8 Å². The van der Waals surface area contributed by atoms with Crippen molar-refractivity contribution in [1.29, 1.82) is 0 Å². The van der Waals surface area contributed by atoms with Crippen LogP contribution in [0.15, 0.2) is 64.4 Å². The fraction of sp³-hybridized carbons (Fsp3) is 0.208. The lowest BCUT2D eigenvalue weighted by molar-refractivity contribution is 0.0690. The molecule has 0 aliphatic carbocycles. The van der Waals surface area contributed by atoms with Crippen molar-refractivity contribution < 1.29 is 19.8 Å². The van der Waals surface area contributed by atoms with Crippen LogP contribution in [0.4, 0.5) is 0 Å². The van der Waals surface area contributed by atoms with Gasteiger partial charge in [-0.1, -0.05) is 42.5 Å². The van der Waals surface area contributed by atoms with Crippen LogP contribution in [0.5, 0.6) is 5.75 Å². The number of fused-ring (bicyclic) bond motifs is 2. The van der Waals surface area contributed by atoms with Crippen molar-refractivity contribution in [3.8, 4) is 5.75 Å². The van der Waals surface area contributed by atoms with Crippen LogP contribution in [0.1, 0.15) is 43.5 Å². The molecule has 4 rings (SSSR count). The van der Waals surface area contributed by atoms with E-state index in [9.17, 15) is 24.6 Å². The van der Waals surface area contributed by atoms with E-state index in [2.05, 4.69) is 6.07 Å². The molecular formula is C24H22N2O5S. The summed E-state index contributed by atoms with van der Waals surface area (Å²) in [7, 11) is 3.02. The number of thioether (sulfide) groups is 1. The third-order valence-corrected chi connectivity index (χ3v) is 6.72. The number of amides is 1. The van der Waals surface area contributed by atoms with Gasteiger partial charge in [0.15, 0.2) is 11.4 Å². The molecule has 8 heteroatoms. The molecule has 1 unspecified atom stereocenters. The molecule has 0 saturated heterocycles. The number of rotatable bonds is 4. The molecule has 2 N–H and O–H groups in total. The van der Waals surface area contributed by atoms with Gasteiger partial charge >= 0.3 is 5.97 Å². The summed E-state index contributed by atoms with van der Waals surface area (Å²) >= 11 is 1.72. The Kier molecular flexibility index (Phi) is 5.80. The number of hydrogen-bond acceptors (Lipinski definition) is 5. The summed E-state index contributed by atoms with van der Waals surface area (Å²) in [6, 6.07) is 16.0.